The van der Waals surface area contributed by atoms with Gasteiger partial charge in [-0.05, 0) is 12.8 Å². The van der Waals surface area contributed by atoms with E-state index < -0.39 is 26.1 Å². The fourth-order valence-electron chi connectivity index (χ4n) is 4.50. The largest absolute Gasteiger partial charge is 0.437 e. The molecule has 0 aromatic carbocycles. The summed E-state index contributed by atoms with van der Waals surface area (Å²) in [5.41, 5.74) is 0. The third-order valence-corrected chi connectivity index (χ3v) is 8.54. The van der Waals surface area contributed by atoms with Crippen molar-refractivity contribution in [2.24, 2.45) is 0 Å². The number of carbonyl (C=O) groups excluding carboxylic acids is 2. The minimum atomic E-state index is -3.95. The Morgan fingerprint density at radius 1 is 0.514 bits per heavy atom. The Kier molecular flexibility index (Phi) is 26.1. The van der Waals surface area contributed by atoms with Crippen molar-refractivity contribution in [3.63, 3.8) is 0 Å². The smallest absolute Gasteiger partial charge is 0.396 e. The topological polar surface area (TPSA) is 89.9 Å². The van der Waals surface area contributed by atoms with Gasteiger partial charge >= 0.3 is 19.5 Å². The van der Waals surface area contributed by atoms with Crippen LogP contribution in [-0.4, -0.2) is 29.8 Å². The van der Waals surface area contributed by atoms with Crippen molar-refractivity contribution in [1.82, 2.24) is 0 Å². The number of hydrogen-bond donors (Lipinski definition) is 1. The van der Waals surface area contributed by atoms with Gasteiger partial charge in [-0.1, -0.05) is 142 Å². The van der Waals surface area contributed by atoms with Crippen molar-refractivity contribution in [3.05, 3.63) is 0 Å². The number of aliphatic hydroxyl groups excluding tert-OH is 1. The molecule has 7 heteroatoms. The van der Waals surface area contributed by atoms with E-state index in [4.69, 9.17) is 9.05 Å². The summed E-state index contributed by atoms with van der Waals surface area (Å²) in [6, 6.07) is 0. The van der Waals surface area contributed by atoms with E-state index in [-0.39, 0.29) is 19.0 Å². The lowest BCUT2D eigenvalue weighted by atomic mass is 10.1. The maximum absolute atomic E-state index is 12.8. The van der Waals surface area contributed by atoms with Gasteiger partial charge in [0.1, 0.15) is 0 Å². The molecule has 0 unspecified atom stereocenters. The van der Waals surface area contributed by atoms with Gasteiger partial charge in [0.05, 0.1) is 12.8 Å². The van der Waals surface area contributed by atoms with Gasteiger partial charge in [-0.3, -0.25) is 9.59 Å². The van der Waals surface area contributed by atoms with Gasteiger partial charge in [0.15, 0.2) is 0 Å². The summed E-state index contributed by atoms with van der Waals surface area (Å²) in [7, 11) is -3.95. The van der Waals surface area contributed by atoms with E-state index in [9.17, 15) is 19.3 Å². The van der Waals surface area contributed by atoms with Crippen LogP contribution in [0, 0.1) is 0 Å². The lowest BCUT2D eigenvalue weighted by Crippen LogP contribution is -2.12. The summed E-state index contributed by atoms with van der Waals surface area (Å²) in [5, 5.41) is 9.23. The second-order valence-electron chi connectivity index (χ2n) is 10.6. The van der Waals surface area contributed by atoms with E-state index >= 15 is 0 Å². The van der Waals surface area contributed by atoms with Crippen LogP contribution in [0.25, 0.3) is 0 Å². The molecule has 0 atom stereocenters. The number of rotatable bonds is 28. The number of hydrogen-bond acceptors (Lipinski definition) is 6. The average Bonchev–Trinajstić information content (AvgIpc) is 2.85. The van der Waals surface area contributed by atoms with Crippen molar-refractivity contribution in [1.29, 1.82) is 0 Å². The average molecular weight is 547 g/mol. The van der Waals surface area contributed by atoms with Crippen molar-refractivity contribution in [2.75, 3.05) is 12.8 Å². The van der Waals surface area contributed by atoms with Gasteiger partial charge in [0.2, 0.25) is 0 Å². The third-order valence-electron chi connectivity index (χ3n) is 6.82. The van der Waals surface area contributed by atoms with Crippen LogP contribution >= 0.6 is 7.60 Å². The Morgan fingerprint density at radius 2 is 0.784 bits per heavy atom. The molecule has 0 aliphatic rings. The van der Waals surface area contributed by atoms with E-state index in [2.05, 4.69) is 13.8 Å². The summed E-state index contributed by atoms with van der Waals surface area (Å²) in [6.45, 7) is 4.00. The molecule has 0 heterocycles. The molecular formula is C30H59O6P. The quantitative estimate of drug-likeness (QED) is 0.0776. The van der Waals surface area contributed by atoms with E-state index in [1.165, 1.54) is 103 Å². The van der Waals surface area contributed by atoms with Crippen molar-refractivity contribution >= 4 is 19.5 Å². The highest BCUT2D eigenvalue weighted by molar-refractivity contribution is 7.54. The van der Waals surface area contributed by atoms with Gasteiger partial charge in [0.25, 0.3) is 0 Å². The number of unbranched alkanes of at least 4 members (excludes halogenated alkanes) is 20. The predicted octanol–water partition coefficient (Wildman–Crippen LogP) is 9.66. The zero-order chi connectivity index (χ0) is 27.5. The minimum Gasteiger partial charge on any atom is -0.396 e. The summed E-state index contributed by atoms with van der Waals surface area (Å²) < 4.78 is 22.9. The number of carbonyl (C=O) groups is 2. The second-order valence-corrected chi connectivity index (χ2v) is 12.6. The Hall–Kier alpha value is -0.870. The molecule has 37 heavy (non-hydrogen) atoms. The first-order chi connectivity index (χ1) is 18.0. The van der Waals surface area contributed by atoms with Gasteiger partial charge in [-0.2, -0.15) is 0 Å². The highest BCUT2D eigenvalue weighted by Gasteiger charge is 2.31. The maximum Gasteiger partial charge on any atom is 0.437 e. The van der Waals surface area contributed by atoms with E-state index in [1.54, 1.807) is 0 Å². The van der Waals surface area contributed by atoms with Crippen molar-refractivity contribution < 1.29 is 28.3 Å². The minimum absolute atomic E-state index is 0.155. The van der Waals surface area contributed by atoms with Gasteiger partial charge in [-0.15, -0.1) is 0 Å². The fraction of sp³-hybridized carbons (Fsp3) is 0.933. The van der Waals surface area contributed by atoms with Crippen molar-refractivity contribution in [3.8, 4) is 0 Å². The third kappa shape index (κ3) is 25.2. The zero-order valence-corrected chi connectivity index (χ0v) is 25.2. The lowest BCUT2D eigenvalue weighted by Gasteiger charge is -2.17. The van der Waals surface area contributed by atoms with E-state index in [1.807, 2.05) is 0 Å². The van der Waals surface area contributed by atoms with Gasteiger partial charge < -0.3 is 14.2 Å². The lowest BCUT2D eigenvalue weighted by molar-refractivity contribution is -0.138. The van der Waals surface area contributed by atoms with Gasteiger partial charge in [0, 0.05) is 12.8 Å². The van der Waals surface area contributed by atoms with Crippen LogP contribution in [0.2, 0.25) is 0 Å². The highest BCUT2D eigenvalue weighted by Crippen LogP contribution is 2.48. The van der Waals surface area contributed by atoms with Crippen LogP contribution < -0.4 is 0 Å². The van der Waals surface area contributed by atoms with Crippen LogP contribution in [0.4, 0.5) is 0 Å². The standard InChI is InChI=1S/C30H59O6P/c1-3-5-7-9-11-13-15-17-19-21-23-25-29(32)35-37(34,28-27-31)36-30(33)26-24-22-20-18-16-14-12-10-8-6-4-2/h31H,3-28H2,1-2H3. The Labute approximate surface area is 228 Å². The molecule has 0 amide bonds. The predicted molar refractivity (Wildman–Crippen MR) is 154 cm³/mol. The Morgan fingerprint density at radius 3 is 1.05 bits per heavy atom. The van der Waals surface area contributed by atoms with Crippen LogP contribution in [0.3, 0.4) is 0 Å². The summed E-state index contributed by atoms with van der Waals surface area (Å²) >= 11 is 0. The van der Waals surface area contributed by atoms with E-state index in [0.29, 0.717) is 12.8 Å². The molecule has 0 rings (SSSR count). The molecule has 0 aliphatic carbocycles. The molecule has 0 bridgehead atoms. The molecule has 0 aromatic rings. The molecule has 0 spiro atoms. The first-order valence-electron chi connectivity index (χ1n) is 15.6. The van der Waals surface area contributed by atoms with Gasteiger partial charge in [-0.25, -0.2) is 4.57 Å². The van der Waals surface area contributed by atoms with Crippen LogP contribution in [-0.2, 0) is 23.2 Å². The summed E-state index contributed by atoms with van der Waals surface area (Å²) in [5.74, 6) is -1.23. The molecule has 0 radical (unpaired) electrons. The fourth-order valence-corrected chi connectivity index (χ4v) is 5.77. The monoisotopic (exact) mass is 546 g/mol. The molecule has 0 saturated heterocycles. The Balaban J connectivity index is 3.88. The molecule has 0 fully saturated rings. The normalized spacial score (nSPS) is 11.5. The molecule has 0 aromatic heterocycles. The Bertz CT molecular complexity index is 536. The first kappa shape index (κ1) is 36.1. The zero-order valence-electron chi connectivity index (χ0n) is 24.3. The van der Waals surface area contributed by atoms with E-state index in [0.717, 1.165) is 25.7 Å². The van der Waals surface area contributed by atoms with Crippen LogP contribution in [0.15, 0.2) is 0 Å². The molecule has 0 aliphatic heterocycles. The van der Waals surface area contributed by atoms with Crippen molar-refractivity contribution in [2.45, 2.75) is 168 Å². The molecule has 1 N–H and O–H groups in total. The van der Waals surface area contributed by atoms with Crippen LogP contribution in [0.5, 0.6) is 0 Å². The molecule has 6 nitrogen and oxygen atoms in total. The second kappa shape index (κ2) is 26.7. The molecular weight excluding hydrogens is 487 g/mol. The molecule has 220 valence electrons. The summed E-state index contributed by atoms with van der Waals surface area (Å²) in [6.07, 6.45) is 25.8. The summed E-state index contributed by atoms with van der Waals surface area (Å²) in [4.78, 5) is 24.3. The number of aliphatic hydroxyl groups is 1. The first-order valence-corrected chi connectivity index (χ1v) is 17.3. The van der Waals surface area contributed by atoms with Crippen LogP contribution in [0.1, 0.15) is 168 Å². The SMILES string of the molecule is CCCCCCCCCCCCCC(=O)OP(=O)(CCO)OC(=O)CCCCCCCCCCCCC. The highest BCUT2D eigenvalue weighted by atomic mass is 31.2. The maximum atomic E-state index is 12.8. The molecule has 0 saturated carbocycles.